The quantitative estimate of drug-likeness (QED) is 0.392. The monoisotopic (exact) mass is 566 g/mol. The van der Waals surface area contributed by atoms with Gasteiger partial charge in [0.25, 0.3) is 0 Å². The zero-order valence-corrected chi connectivity index (χ0v) is 23.5. The molecule has 4 aliphatic carbocycles. The summed E-state index contributed by atoms with van der Waals surface area (Å²) in [5.41, 5.74) is -6.32. The Morgan fingerprint density at radius 2 is 1.97 bits per heavy atom. The van der Waals surface area contributed by atoms with Crippen LogP contribution in [0.2, 0.25) is 0 Å². The Bertz CT molecular complexity index is 1170. The van der Waals surface area contributed by atoms with Gasteiger partial charge in [-0.25, -0.2) is 8.78 Å². The fraction of sp³-hybridized carbons (Fsp3) is 0.724. The van der Waals surface area contributed by atoms with Crippen LogP contribution < -0.4 is 0 Å². The molecule has 1 aliphatic heterocycles. The second-order valence-corrected chi connectivity index (χ2v) is 12.7. The number of fused-ring (bicyclic) bond motifs is 5. The topological polar surface area (TPSA) is 99.1 Å². The molecular formula is C29H36F2O7S. The number of ether oxygens (including phenoxy) is 3. The van der Waals surface area contributed by atoms with Gasteiger partial charge in [-0.15, -0.1) is 0 Å². The summed E-state index contributed by atoms with van der Waals surface area (Å²) in [5.74, 6) is -3.73. The number of aliphatic hydroxyl groups excluding tert-OH is 1. The number of carbonyl (C=O) groups excluding carboxylic acids is 3. The fourth-order valence-electron chi connectivity index (χ4n) is 8.44. The van der Waals surface area contributed by atoms with Crippen LogP contribution in [0.3, 0.4) is 0 Å². The summed E-state index contributed by atoms with van der Waals surface area (Å²) >= 11 is 5.79. The van der Waals surface area contributed by atoms with E-state index in [0.717, 1.165) is 6.08 Å². The van der Waals surface area contributed by atoms with E-state index in [0.29, 0.717) is 12.8 Å². The molecule has 10 atom stereocenters. The summed E-state index contributed by atoms with van der Waals surface area (Å²) in [6.45, 7) is 7.10. The Hall–Kier alpha value is -2.20. The van der Waals surface area contributed by atoms with Crippen LogP contribution in [0.1, 0.15) is 59.8 Å². The number of hydrogen-bond acceptors (Lipinski definition) is 8. The highest BCUT2D eigenvalue weighted by atomic mass is 32.1. The van der Waals surface area contributed by atoms with Crippen molar-refractivity contribution in [2.75, 3.05) is 13.2 Å². The number of esters is 2. The number of halogens is 2. The number of thiocarbonyl (C=S) groups is 1. The van der Waals surface area contributed by atoms with Crippen molar-refractivity contribution >= 4 is 35.0 Å². The summed E-state index contributed by atoms with van der Waals surface area (Å²) in [4.78, 5) is 36.9. The van der Waals surface area contributed by atoms with Crippen molar-refractivity contribution in [1.29, 1.82) is 0 Å². The lowest BCUT2D eigenvalue weighted by Gasteiger charge is -2.63. The van der Waals surface area contributed by atoms with Gasteiger partial charge >= 0.3 is 11.9 Å². The smallest absolute Gasteiger partial charge is 0.312 e. The summed E-state index contributed by atoms with van der Waals surface area (Å²) in [7, 11) is 0. The van der Waals surface area contributed by atoms with E-state index in [4.69, 9.17) is 26.4 Å². The summed E-state index contributed by atoms with van der Waals surface area (Å²) < 4.78 is 50.4. The predicted octanol–water partition coefficient (Wildman–Crippen LogP) is 4.15. The standard InChI is InChI=1S/C29H36F2O7S/c1-5-23(34)38-29(25(39)37-14-16-7-9-36-24(16)35)15(2)10-18-19-12-21(30)20-11-17(32)6-8-26(20,3)28(19,31)22(33)13-27(18,29)4/h6,8,11,15-16,18-19,21-22,33H,5,7,9-10,12-14H2,1-4H3/t15-,16+,18+,19+,21+,22+,26+,27+,28+,29+/m1/s1. The van der Waals surface area contributed by atoms with Crippen molar-refractivity contribution in [3.05, 3.63) is 23.8 Å². The maximum atomic E-state index is 17.5. The van der Waals surface area contributed by atoms with Gasteiger partial charge in [-0.3, -0.25) is 14.4 Å². The van der Waals surface area contributed by atoms with Crippen molar-refractivity contribution in [2.45, 2.75) is 83.3 Å². The highest BCUT2D eigenvalue weighted by Crippen LogP contribution is 2.71. The molecule has 3 saturated carbocycles. The summed E-state index contributed by atoms with van der Waals surface area (Å²) in [6.07, 6.45) is 1.20. The molecule has 4 fully saturated rings. The Morgan fingerprint density at radius 1 is 1.26 bits per heavy atom. The molecule has 1 N–H and O–H groups in total. The molecule has 0 aromatic rings. The van der Waals surface area contributed by atoms with Crippen LogP contribution in [0.4, 0.5) is 8.78 Å². The molecule has 0 amide bonds. The minimum Gasteiger partial charge on any atom is -0.483 e. The number of alkyl halides is 2. The van der Waals surface area contributed by atoms with Crippen molar-refractivity contribution < 1.29 is 42.5 Å². The third kappa shape index (κ3) is 3.72. The second-order valence-electron chi connectivity index (χ2n) is 12.3. The molecule has 1 saturated heterocycles. The number of allylic oxidation sites excluding steroid dienone is 4. The summed E-state index contributed by atoms with van der Waals surface area (Å²) in [6, 6.07) is 0. The van der Waals surface area contributed by atoms with Crippen LogP contribution in [0.5, 0.6) is 0 Å². The van der Waals surface area contributed by atoms with Gasteiger partial charge in [0.15, 0.2) is 17.1 Å². The van der Waals surface area contributed by atoms with Crippen molar-refractivity contribution in [3.8, 4) is 0 Å². The number of cyclic esters (lactones) is 1. The molecule has 214 valence electrons. The van der Waals surface area contributed by atoms with E-state index in [1.807, 2.05) is 13.8 Å². The average molecular weight is 567 g/mol. The molecule has 0 unspecified atom stereocenters. The van der Waals surface area contributed by atoms with E-state index in [-0.39, 0.29) is 49.1 Å². The van der Waals surface area contributed by atoms with Gasteiger partial charge in [0.1, 0.15) is 12.8 Å². The van der Waals surface area contributed by atoms with Crippen LogP contribution in [0.15, 0.2) is 23.8 Å². The maximum absolute atomic E-state index is 17.5. The molecule has 10 heteroatoms. The zero-order chi connectivity index (χ0) is 28.5. The minimum absolute atomic E-state index is 0.0254. The SMILES string of the molecule is CCC(=O)O[C@]1(C(=S)OC[C@@H]2CCOC2=O)[C@H](C)C[C@H]2[C@@H]3C[C@H](F)C4=CC(=O)C=C[C@]4(C)[C@@]3(F)[C@@H](O)C[C@@]21C. The molecule has 5 rings (SSSR count). The van der Waals surface area contributed by atoms with E-state index in [9.17, 15) is 19.5 Å². The van der Waals surface area contributed by atoms with E-state index < -0.39 is 69.8 Å². The van der Waals surface area contributed by atoms with Gasteiger partial charge in [0.05, 0.1) is 18.6 Å². The van der Waals surface area contributed by atoms with E-state index in [2.05, 4.69) is 0 Å². The second kappa shape index (κ2) is 9.43. The molecular weight excluding hydrogens is 530 g/mol. The van der Waals surface area contributed by atoms with Crippen molar-refractivity contribution in [1.82, 2.24) is 0 Å². The first-order valence-corrected chi connectivity index (χ1v) is 14.2. The number of aliphatic hydroxyl groups is 1. The molecule has 0 radical (unpaired) electrons. The Balaban J connectivity index is 1.57. The lowest BCUT2D eigenvalue weighted by atomic mass is 9.44. The summed E-state index contributed by atoms with van der Waals surface area (Å²) in [5, 5.41) is 11.6. The van der Waals surface area contributed by atoms with Gasteiger partial charge in [-0.1, -0.05) is 26.8 Å². The number of hydrogen-bond donors (Lipinski definition) is 1. The third-order valence-corrected chi connectivity index (χ3v) is 10.9. The van der Waals surface area contributed by atoms with Gasteiger partial charge in [0, 0.05) is 29.1 Å². The molecule has 0 bridgehead atoms. The van der Waals surface area contributed by atoms with Crippen molar-refractivity contribution in [2.24, 2.45) is 34.5 Å². The van der Waals surface area contributed by atoms with Crippen LogP contribution in [0.25, 0.3) is 0 Å². The molecule has 0 spiro atoms. The van der Waals surface area contributed by atoms with Gasteiger partial charge in [0.2, 0.25) is 5.05 Å². The predicted molar refractivity (Wildman–Crippen MR) is 140 cm³/mol. The normalized spacial score (nSPS) is 46.5. The van der Waals surface area contributed by atoms with Crippen molar-refractivity contribution in [3.63, 3.8) is 0 Å². The zero-order valence-electron chi connectivity index (χ0n) is 22.7. The largest absolute Gasteiger partial charge is 0.483 e. The fourth-order valence-corrected chi connectivity index (χ4v) is 8.99. The van der Waals surface area contributed by atoms with Crippen LogP contribution in [0, 0.1) is 34.5 Å². The molecule has 0 aromatic carbocycles. The number of ketones is 1. The highest BCUT2D eigenvalue weighted by Gasteiger charge is 2.78. The minimum atomic E-state index is -2.26. The Morgan fingerprint density at radius 3 is 2.62 bits per heavy atom. The molecule has 39 heavy (non-hydrogen) atoms. The number of rotatable bonds is 5. The van der Waals surface area contributed by atoms with E-state index >= 15 is 8.78 Å². The molecule has 0 aromatic heterocycles. The molecule has 1 heterocycles. The van der Waals surface area contributed by atoms with Gasteiger partial charge in [-0.2, -0.15) is 0 Å². The third-order valence-electron chi connectivity index (χ3n) is 10.5. The maximum Gasteiger partial charge on any atom is 0.312 e. The lowest BCUT2D eigenvalue weighted by Crippen LogP contribution is -2.71. The van der Waals surface area contributed by atoms with Crippen LogP contribution in [-0.4, -0.2) is 64.6 Å². The van der Waals surface area contributed by atoms with E-state index in [1.54, 1.807) is 13.8 Å². The average Bonchev–Trinajstić information content (AvgIpc) is 3.39. The molecule has 5 aliphatic rings. The van der Waals surface area contributed by atoms with Gasteiger partial charge in [-0.05, 0) is 68.5 Å². The highest BCUT2D eigenvalue weighted by molar-refractivity contribution is 7.80. The Labute approximate surface area is 232 Å². The van der Waals surface area contributed by atoms with Crippen LogP contribution >= 0.6 is 12.2 Å². The van der Waals surface area contributed by atoms with Gasteiger partial charge < -0.3 is 19.3 Å². The first-order valence-electron chi connectivity index (χ1n) is 13.8. The molecule has 7 nitrogen and oxygen atoms in total. The van der Waals surface area contributed by atoms with E-state index in [1.165, 1.54) is 12.2 Å². The lowest BCUT2D eigenvalue weighted by molar-refractivity contribution is -0.222. The number of carbonyl (C=O) groups is 3. The first kappa shape index (κ1) is 28.3. The first-order chi connectivity index (χ1) is 18.3. The van der Waals surface area contributed by atoms with Crippen LogP contribution in [-0.2, 0) is 28.6 Å². The Kier molecular flexibility index (Phi) is 6.85.